The van der Waals surface area contributed by atoms with Gasteiger partial charge in [0.05, 0.1) is 12.8 Å². The largest absolute Gasteiger partial charge is 0.467 e. The number of hydrogen-bond acceptors (Lipinski definition) is 5. The van der Waals surface area contributed by atoms with Crippen LogP contribution in [0, 0.1) is 0 Å². The van der Waals surface area contributed by atoms with Crippen molar-refractivity contribution < 1.29 is 23.2 Å². The molecule has 0 aliphatic carbocycles. The summed E-state index contributed by atoms with van der Waals surface area (Å²) in [7, 11) is 0. The lowest BCUT2D eigenvalue weighted by molar-refractivity contribution is -0.130. The maximum absolute atomic E-state index is 12.7. The minimum absolute atomic E-state index is 0.0891. The highest BCUT2D eigenvalue weighted by atomic mass is 35.5. The van der Waals surface area contributed by atoms with Crippen molar-refractivity contribution >= 4 is 35.5 Å². The fourth-order valence-electron chi connectivity index (χ4n) is 2.77. The third kappa shape index (κ3) is 3.47. The van der Waals surface area contributed by atoms with Crippen molar-refractivity contribution in [1.29, 1.82) is 0 Å². The van der Waals surface area contributed by atoms with Crippen LogP contribution in [0.3, 0.4) is 0 Å². The van der Waals surface area contributed by atoms with Crippen LogP contribution in [-0.4, -0.2) is 22.7 Å². The third-order valence-electron chi connectivity index (χ3n) is 4.10. The Hall–Kier alpha value is -3.58. The molecule has 1 aliphatic heterocycles. The quantitative estimate of drug-likeness (QED) is 0.534. The van der Waals surface area contributed by atoms with E-state index < -0.39 is 17.8 Å². The number of nitrogens with one attached hydrogen (secondary N) is 1. The zero-order valence-corrected chi connectivity index (χ0v) is 15.1. The van der Waals surface area contributed by atoms with Gasteiger partial charge in [-0.25, -0.2) is 4.79 Å². The summed E-state index contributed by atoms with van der Waals surface area (Å²) >= 11 is 5.99. The second-order valence-electron chi connectivity index (χ2n) is 6.00. The lowest BCUT2D eigenvalue weighted by Crippen LogP contribution is -2.53. The summed E-state index contributed by atoms with van der Waals surface area (Å²) < 4.78 is 10.9. The van der Waals surface area contributed by atoms with Crippen LogP contribution in [0.25, 0.3) is 17.4 Å². The standard InChI is InChI=1S/C20H13ClN2O5/c21-13-4-1-3-12(9-13)17-7-6-14(28-17)10-16-18(24)22-20(26)23(19(16)25)11-15-5-2-8-27-15/h1-10H,11H2,(H,22,24,26)/b16-10+. The number of halogens is 1. The summed E-state index contributed by atoms with van der Waals surface area (Å²) in [4.78, 5) is 37.8. The molecule has 140 valence electrons. The van der Waals surface area contributed by atoms with E-state index in [1.165, 1.54) is 12.3 Å². The van der Waals surface area contributed by atoms with Crippen LogP contribution in [0.1, 0.15) is 11.5 Å². The van der Waals surface area contributed by atoms with Gasteiger partial charge in [0.1, 0.15) is 22.9 Å². The number of rotatable bonds is 4. The number of hydrogen-bond donors (Lipinski definition) is 1. The van der Waals surface area contributed by atoms with Crippen LogP contribution < -0.4 is 5.32 Å². The van der Waals surface area contributed by atoms with E-state index in [1.54, 1.807) is 42.5 Å². The summed E-state index contributed by atoms with van der Waals surface area (Å²) in [5, 5.41) is 2.70. The van der Waals surface area contributed by atoms with Gasteiger partial charge in [-0.15, -0.1) is 0 Å². The Balaban J connectivity index is 1.62. The molecule has 3 heterocycles. The molecule has 0 bridgehead atoms. The molecule has 0 atom stereocenters. The Morgan fingerprint density at radius 1 is 1.07 bits per heavy atom. The molecular weight excluding hydrogens is 384 g/mol. The molecule has 8 heteroatoms. The maximum Gasteiger partial charge on any atom is 0.331 e. The van der Waals surface area contributed by atoms with Crippen molar-refractivity contribution in [2.45, 2.75) is 6.54 Å². The molecular formula is C20H13ClN2O5. The molecule has 1 saturated heterocycles. The van der Waals surface area contributed by atoms with Crippen molar-refractivity contribution in [2.75, 3.05) is 0 Å². The molecule has 2 aromatic heterocycles. The van der Waals surface area contributed by atoms with Crippen LogP contribution in [0.4, 0.5) is 4.79 Å². The minimum Gasteiger partial charge on any atom is -0.467 e. The third-order valence-corrected chi connectivity index (χ3v) is 4.34. The molecule has 4 amide bonds. The van der Waals surface area contributed by atoms with Crippen LogP contribution in [0.15, 0.2) is 69.2 Å². The smallest absolute Gasteiger partial charge is 0.331 e. The first-order valence-corrected chi connectivity index (χ1v) is 8.66. The molecule has 1 aromatic carbocycles. The summed E-state index contributed by atoms with van der Waals surface area (Å²) in [6.45, 7) is -0.0891. The molecule has 28 heavy (non-hydrogen) atoms. The van der Waals surface area contributed by atoms with Gasteiger partial charge >= 0.3 is 6.03 Å². The number of amides is 4. The van der Waals surface area contributed by atoms with Gasteiger partial charge in [0, 0.05) is 10.6 Å². The molecule has 1 fully saturated rings. The first-order chi connectivity index (χ1) is 13.5. The lowest BCUT2D eigenvalue weighted by atomic mass is 10.1. The van der Waals surface area contributed by atoms with Gasteiger partial charge in [0.2, 0.25) is 0 Å². The van der Waals surface area contributed by atoms with Gasteiger partial charge in [-0.05, 0) is 42.5 Å². The van der Waals surface area contributed by atoms with E-state index >= 15 is 0 Å². The molecule has 1 aliphatic rings. The zero-order valence-electron chi connectivity index (χ0n) is 14.3. The number of barbiturate groups is 1. The Kier molecular flexibility index (Phi) is 4.58. The van der Waals surface area contributed by atoms with Crippen LogP contribution >= 0.6 is 11.6 Å². The summed E-state index contributed by atoms with van der Waals surface area (Å²) in [6, 6.07) is 12.9. The molecule has 3 aromatic rings. The van der Waals surface area contributed by atoms with Crippen LogP contribution in [0.5, 0.6) is 0 Å². The lowest BCUT2D eigenvalue weighted by Gasteiger charge is -2.25. The summed E-state index contributed by atoms with van der Waals surface area (Å²) in [5.41, 5.74) is 0.546. The predicted molar refractivity (Wildman–Crippen MR) is 99.9 cm³/mol. The number of furan rings is 2. The second-order valence-corrected chi connectivity index (χ2v) is 6.44. The Labute approximate surface area is 164 Å². The highest BCUT2D eigenvalue weighted by Crippen LogP contribution is 2.26. The van der Waals surface area contributed by atoms with Crippen molar-refractivity contribution in [3.8, 4) is 11.3 Å². The van der Waals surface area contributed by atoms with E-state index in [9.17, 15) is 14.4 Å². The van der Waals surface area contributed by atoms with E-state index in [2.05, 4.69) is 5.32 Å². The number of urea groups is 1. The Morgan fingerprint density at radius 2 is 1.93 bits per heavy atom. The summed E-state index contributed by atoms with van der Waals surface area (Å²) in [6.07, 6.45) is 2.73. The van der Waals surface area contributed by atoms with Gasteiger partial charge in [-0.1, -0.05) is 23.7 Å². The predicted octanol–water partition coefficient (Wildman–Crippen LogP) is 3.86. The van der Waals surface area contributed by atoms with Gasteiger partial charge in [0.15, 0.2) is 0 Å². The molecule has 0 spiro atoms. The van der Waals surface area contributed by atoms with E-state index in [0.29, 0.717) is 22.3 Å². The average Bonchev–Trinajstić information content (AvgIpc) is 3.34. The fraction of sp³-hybridized carbons (Fsp3) is 0.0500. The Bertz CT molecular complexity index is 1100. The number of carbonyl (C=O) groups excluding carboxylic acids is 3. The topological polar surface area (TPSA) is 92.8 Å². The molecule has 0 unspecified atom stereocenters. The monoisotopic (exact) mass is 396 g/mol. The minimum atomic E-state index is -0.803. The van der Waals surface area contributed by atoms with E-state index in [0.717, 1.165) is 10.5 Å². The SMILES string of the molecule is O=C1NC(=O)N(Cc2ccco2)C(=O)/C1=C/c1ccc(-c2cccc(Cl)c2)o1. The van der Waals surface area contributed by atoms with Crippen LogP contribution in [0.2, 0.25) is 5.02 Å². The van der Waals surface area contributed by atoms with Crippen molar-refractivity contribution in [3.05, 3.63) is 76.9 Å². The van der Waals surface area contributed by atoms with Crippen molar-refractivity contribution in [1.82, 2.24) is 10.2 Å². The number of benzene rings is 1. The highest BCUT2D eigenvalue weighted by Gasteiger charge is 2.36. The number of nitrogens with zero attached hydrogens (tertiary/aromatic N) is 1. The van der Waals surface area contributed by atoms with Gasteiger partial charge in [0.25, 0.3) is 11.8 Å². The first kappa shape index (κ1) is 17.8. The molecule has 7 nitrogen and oxygen atoms in total. The molecule has 0 radical (unpaired) electrons. The maximum atomic E-state index is 12.7. The fourth-order valence-corrected chi connectivity index (χ4v) is 2.96. The van der Waals surface area contributed by atoms with E-state index in [1.807, 2.05) is 6.07 Å². The zero-order chi connectivity index (χ0) is 19.7. The van der Waals surface area contributed by atoms with E-state index in [4.69, 9.17) is 20.4 Å². The summed E-state index contributed by atoms with van der Waals surface area (Å²) in [5.74, 6) is -0.280. The van der Waals surface area contributed by atoms with Gasteiger partial charge in [-0.3, -0.25) is 19.8 Å². The van der Waals surface area contributed by atoms with Crippen molar-refractivity contribution in [3.63, 3.8) is 0 Å². The van der Waals surface area contributed by atoms with Crippen molar-refractivity contribution in [2.24, 2.45) is 0 Å². The van der Waals surface area contributed by atoms with Gasteiger partial charge in [-0.2, -0.15) is 0 Å². The first-order valence-electron chi connectivity index (χ1n) is 8.28. The highest BCUT2D eigenvalue weighted by molar-refractivity contribution is 6.31. The van der Waals surface area contributed by atoms with E-state index in [-0.39, 0.29) is 12.1 Å². The molecule has 0 saturated carbocycles. The van der Waals surface area contributed by atoms with Gasteiger partial charge < -0.3 is 8.83 Å². The average molecular weight is 397 g/mol. The normalized spacial score (nSPS) is 16.0. The molecule has 1 N–H and O–H groups in total. The number of carbonyl (C=O) groups is 3. The number of imide groups is 2. The molecule has 4 rings (SSSR count). The van der Waals surface area contributed by atoms with Crippen LogP contribution in [-0.2, 0) is 16.1 Å². The Morgan fingerprint density at radius 3 is 2.68 bits per heavy atom. The second kappa shape index (κ2) is 7.21.